The molecule has 0 unspecified atom stereocenters. The molecule has 3 rings (SSSR count). The van der Waals surface area contributed by atoms with E-state index < -0.39 is 0 Å². The molecule has 1 aromatic rings. The second kappa shape index (κ2) is 8.10. The maximum atomic E-state index is 4.61. The average molecular weight is 307 g/mol. The summed E-state index contributed by atoms with van der Waals surface area (Å²) in [6, 6.07) is 0. The molecule has 19 heavy (non-hydrogen) atoms. The fraction of sp³-hybridized carbons (Fsp3) is 0.769. The lowest BCUT2D eigenvalue weighted by Gasteiger charge is -2.26. The van der Waals surface area contributed by atoms with Gasteiger partial charge in [0, 0.05) is 19.6 Å². The summed E-state index contributed by atoms with van der Waals surface area (Å²) in [5.74, 6) is 0. The minimum absolute atomic E-state index is 0. The molecule has 2 aliphatic rings. The monoisotopic (exact) mass is 306 g/mol. The predicted octanol–water partition coefficient (Wildman–Crippen LogP) is 2.21. The summed E-state index contributed by atoms with van der Waals surface area (Å²) in [6.07, 6.45) is 7.36. The van der Waals surface area contributed by atoms with Crippen molar-refractivity contribution in [3.63, 3.8) is 0 Å². The molecule has 0 atom stereocenters. The zero-order chi connectivity index (χ0) is 11.5. The minimum atomic E-state index is 0. The number of nitrogens with one attached hydrogen (secondary N) is 1. The lowest BCUT2D eigenvalue weighted by Crippen LogP contribution is -2.30. The van der Waals surface area contributed by atoms with Crippen LogP contribution in [0.5, 0.6) is 0 Å². The molecule has 2 aliphatic heterocycles. The summed E-state index contributed by atoms with van der Waals surface area (Å²) in [6.45, 7) is 6.78. The molecule has 0 aliphatic carbocycles. The van der Waals surface area contributed by atoms with E-state index in [-0.39, 0.29) is 24.8 Å². The first-order valence-corrected chi connectivity index (χ1v) is 6.89. The van der Waals surface area contributed by atoms with Crippen molar-refractivity contribution in [2.45, 2.75) is 45.3 Å². The molecule has 1 saturated heterocycles. The van der Waals surface area contributed by atoms with Gasteiger partial charge in [-0.1, -0.05) is 6.42 Å². The van der Waals surface area contributed by atoms with Gasteiger partial charge in [-0.3, -0.25) is 4.90 Å². The third kappa shape index (κ3) is 4.09. The second-order valence-corrected chi connectivity index (χ2v) is 5.20. The first-order valence-electron chi connectivity index (χ1n) is 6.89. The highest BCUT2D eigenvalue weighted by atomic mass is 35.5. The Labute approximate surface area is 127 Å². The highest BCUT2D eigenvalue weighted by Gasteiger charge is 2.17. The van der Waals surface area contributed by atoms with Crippen molar-refractivity contribution in [2.75, 3.05) is 19.6 Å². The van der Waals surface area contributed by atoms with E-state index in [9.17, 15) is 0 Å². The molecule has 0 spiro atoms. The van der Waals surface area contributed by atoms with Crippen LogP contribution < -0.4 is 5.32 Å². The van der Waals surface area contributed by atoms with E-state index in [1.165, 1.54) is 50.2 Å². The molecule has 0 saturated carbocycles. The predicted molar refractivity (Wildman–Crippen MR) is 82.2 cm³/mol. The van der Waals surface area contributed by atoms with E-state index in [1.807, 2.05) is 6.33 Å². The fourth-order valence-electron chi connectivity index (χ4n) is 2.89. The van der Waals surface area contributed by atoms with Crippen LogP contribution in [0.25, 0.3) is 0 Å². The first kappa shape index (κ1) is 16.8. The second-order valence-electron chi connectivity index (χ2n) is 5.20. The van der Waals surface area contributed by atoms with Gasteiger partial charge in [-0.2, -0.15) is 0 Å². The topological polar surface area (TPSA) is 33.1 Å². The standard InChI is InChI=1S/C13H22N4.2ClH/c1-2-6-16(7-3-1)10-12-13-9-14-5-4-8-17(13)11-15-12;;/h11,14H,1-10H2;2*1H. The molecule has 1 N–H and O–H groups in total. The first-order chi connectivity index (χ1) is 8.43. The molecule has 0 amide bonds. The molecule has 110 valence electrons. The van der Waals surface area contributed by atoms with Crippen molar-refractivity contribution in [2.24, 2.45) is 0 Å². The largest absolute Gasteiger partial charge is 0.333 e. The summed E-state index contributed by atoms with van der Waals surface area (Å²) in [4.78, 5) is 7.17. The van der Waals surface area contributed by atoms with Crippen LogP contribution in [0.1, 0.15) is 37.1 Å². The normalized spacial score (nSPS) is 19.8. The molecule has 0 bridgehead atoms. The van der Waals surface area contributed by atoms with Crippen LogP contribution in [0.3, 0.4) is 0 Å². The molecule has 0 aromatic carbocycles. The van der Waals surface area contributed by atoms with Crippen molar-refractivity contribution in [1.29, 1.82) is 0 Å². The van der Waals surface area contributed by atoms with Gasteiger partial charge in [-0.15, -0.1) is 24.8 Å². The minimum Gasteiger partial charge on any atom is -0.333 e. The Morgan fingerprint density at radius 1 is 1.05 bits per heavy atom. The van der Waals surface area contributed by atoms with Gasteiger partial charge in [-0.05, 0) is 38.9 Å². The highest BCUT2D eigenvalue weighted by molar-refractivity contribution is 5.85. The van der Waals surface area contributed by atoms with Crippen molar-refractivity contribution in [1.82, 2.24) is 19.8 Å². The molecule has 1 fully saturated rings. The lowest BCUT2D eigenvalue weighted by molar-refractivity contribution is 0.218. The molecular weight excluding hydrogens is 283 g/mol. The quantitative estimate of drug-likeness (QED) is 0.909. The zero-order valence-electron chi connectivity index (χ0n) is 11.3. The van der Waals surface area contributed by atoms with Crippen LogP contribution in [-0.4, -0.2) is 34.1 Å². The average Bonchev–Trinajstić information content (AvgIpc) is 2.61. The molecule has 1 aromatic heterocycles. The number of hydrogen-bond acceptors (Lipinski definition) is 3. The molecular formula is C13H24Cl2N4. The number of aromatic nitrogens is 2. The summed E-state index contributed by atoms with van der Waals surface area (Å²) >= 11 is 0. The van der Waals surface area contributed by atoms with E-state index in [0.29, 0.717) is 0 Å². The Bertz CT molecular complexity index is 375. The lowest BCUT2D eigenvalue weighted by atomic mass is 10.1. The number of hydrogen-bond donors (Lipinski definition) is 1. The van der Waals surface area contributed by atoms with Gasteiger partial charge in [0.2, 0.25) is 0 Å². The number of halogens is 2. The van der Waals surface area contributed by atoms with Gasteiger partial charge in [0.05, 0.1) is 17.7 Å². The van der Waals surface area contributed by atoms with Gasteiger partial charge in [0.25, 0.3) is 0 Å². The maximum Gasteiger partial charge on any atom is 0.0952 e. The van der Waals surface area contributed by atoms with E-state index >= 15 is 0 Å². The maximum absolute atomic E-state index is 4.61. The number of imidazole rings is 1. The summed E-state index contributed by atoms with van der Waals surface area (Å²) in [5, 5.41) is 3.49. The number of nitrogens with zero attached hydrogens (tertiary/aromatic N) is 3. The van der Waals surface area contributed by atoms with Crippen molar-refractivity contribution >= 4 is 24.8 Å². The number of rotatable bonds is 2. The van der Waals surface area contributed by atoms with E-state index in [4.69, 9.17) is 0 Å². The molecule has 4 nitrogen and oxygen atoms in total. The van der Waals surface area contributed by atoms with Gasteiger partial charge in [0.15, 0.2) is 0 Å². The Hall–Kier alpha value is -0.290. The molecule has 0 radical (unpaired) electrons. The fourth-order valence-corrected chi connectivity index (χ4v) is 2.89. The zero-order valence-corrected chi connectivity index (χ0v) is 12.9. The van der Waals surface area contributed by atoms with Gasteiger partial charge >= 0.3 is 0 Å². The SMILES string of the molecule is Cl.Cl.c1nc(CN2CCCCC2)c2n1CCCNC2. The molecule has 3 heterocycles. The smallest absolute Gasteiger partial charge is 0.0952 e. The summed E-state index contributed by atoms with van der Waals surface area (Å²) in [7, 11) is 0. The summed E-state index contributed by atoms with van der Waals surface area (Å²) in [5.41, 5.74) is 2.70. The third-order valence-electron chi connectivity index (χ3n) is 3.90. The van der Waals surface area contributed by atoms with E-state index in [1.54, 1.807) is 0 Å². The van der Waals surface area contributed by atoms with Crippen molar-refractivity contribution in [3.05, 3.63) is 17.7 Å². The number of piperidine rings is 1. The van der Waals surface area contributed by atoms with E-state index in [0.717, 1.165) is 26.2 Å². The Kier molecular flexibility index (Phi) is 7.15. The Morgan fingerprint density at radius 2 is 1.84 bits per heavy atom. The van der Waals surface area contributed by atoms with Crippen LogP contribution in [0.2, 0.25) is 0 Å². The highest BCUT2D eigenvalue weighted by Crippen LogP contribution is 2.16. The summed E-state index contributed by atoms with van der Waals surface area (Å²) < 4.78 is 2.33. The van der Waals surface area contributed by atoms with Gasteiger partial charge in [-0.25, -0.2) is 4.98 Å². The van der Waals surface area contributed by atoms with Crippen LogP contribution in [0.4, 0.5) is 0 Å². The van der Waals surface area contributed by atoms with Crippen LogP contribution in [0.15, 0.2) is 6.33 Å². The Balaban J connectivity index is 0.000000902. The number of aryl methyl sites for hydroxylation is 1. The van der Waals surface area contributed by atoms with Crippen LogP contribution in [0, 0.1) is 0 Å². The van der Waals surface area contributed by atoms with Crippen LogP contribution >= 0.6 is 24.8 Å². The van der Waals surface area contributed by atoms with Gasteiger partial charge in [0.1, 0.15) is 0 Å². The third-order valence-corrected chi connectivity index (χ3v) is 3.90. The van der Waals surface area contributed by atoms with E-state index in [2.05, 4.69) is 19.8 Å². The van der Waals surface area contributed by atoms with Crippen LogP contribution in [-0.2, 0) is 19.6 Å². The van der Waals surface area contributed by atoms with Gasteiger partial charge < -0.3 is 9.88 Å². The number of likely N-dealkylation sites (tertiary alicyclic amines) is 1. The van der Waals surface area contributed by atoms with Crippen molar-refractivity contribution in [3.8, 4) is 0 Å². The Morgan fingerprint density at radius 3 is 2.63 bits per heavy atom. The molecule has 6 heteroatoms. The van der Waals surface area contributed by atoms with Crippen molar-refractivity contribution < 1.29 is 0 Å². The number of fused-ring (bicyclic) bond motifs is 1.